The topological polar surface area (TPSA) is 122 Å². The van der Waals surface area contributed by atoms with E-state index in [1.807, 2.05) is 35.2 Å². The van der Waals surface area contributed by atoms with Crippen molar-refractivity contribution in [1.29, 1.82) is 0 Å². The Labute approximate surface area is 281 Å². The third kappa shape index (κ3) is 11.8. The minimum Gasteiger partial charge on any atom is -0.504 e. The van der Waals surface area contributed by atoms with E-state index in [0.717, 1.165) is 51.1 Å². The number of benzene rings is 2. The SMILES string of the molecule is COc1cc(C(=O)NCCC(=O)N2CCN(CCC(CCCO[Si](C)(C)C(C)(C)C)O/N=C/c3ccccc3)CC2)cc(O)c1OC. The summed E-state index contributed by atoms with van der Waals surface area (Å²) in [5.41, 5.74) is 1.21. The lowest BCUT2D eigenvalue weighted by Crippen LogP contribution is -2.49. The van der Waals surface area contributed by atoms with Gasteiger partial charge in [0.25, 0.3) is 5.91 Å². The van der Waals surface area contributed by atoms with Gasteiger partial charge in [0.15, 0.2) is 19.8 Å². The van der Waals surface area contributed by atoms with Crippen LogP contribution in [0.15, 0.2) is 47.6 Å². The Hall–Kier alpha value is -3.61. The van der Waals surface area contributed by atoms with Gasteiger partial charge < -0.3 is 34.1 Å². The van der Waals surface area contributed by atoms with E-state index in [-0.39, 0.29) is 52.8 Å². The number of piperazine rings is 1. The van der Waals surface area contributed by atoms with Crippen molar-refractivity contribution in [1.82, 2.24) is 15.1 Å². The third-order valence-electron chi connectivity index (χ3n) is 8.99. The number of nitrogens with one attached hydrogen (secondary N) is 1. The van der Waals surface area contributed by atoms with Gasteiger partial charge in [0, 0.05) is 57.9 Å². The fraction of sp³-hybridized carbons (Fsp3) is 0.571. The lowest BCUT2D eigenvalue weighted by molar-refractivity contribution is -0.132. The fourth-order valence-electron chi connectivity index (χ4n) is 4.99. The first kappa shape index (κ1) is 37.8. The number of phenolic OH excluding ortho intramolecular Hbond substituents is 1. The highest BCUT2D eigenvalue weighted by Crippen LogP contribution is 2.38. The minimum atomic E-state index is -1.80. The molecule has 1 fully saturated rings. The number of carbonyl (C=O) groups is 2. The van der Waals surface area contributed by atoms with Crippen LogP contribution >= 0.6 is 0 Å². The lowest BCUT2D eigenvalue weighted by atomic mass is 10.1. The first-order valence-electron chi connectivity index (χ1n) is 16.5. The number of methoxy groups -OCH3 is 2. The Bertz CT molecular complexity index is 1310. The fourth-order valence-corrected chi connectivity index (χ4v) is 6.07. The Balaban J connectivity index is 1.43. The van der Waals surface area contributed by atoms with Crippen LogP contribution in [0.2, 0.25) is 18.1 Å². The normalized spacial score (nSPS) is 15.0. The molecular formula is C35H54N4O7Si. The number of hydrogen-bond donors (Lipinski definition) is 2. The van der Waals surface area contributed by atoms with Crippen molar-refractivity contribution in [2.24, 2.45) is 5.16 Å². The van der Waals surface area contributed by atoms with Gasteiger partial charge in [0.1, 0.15) is 6.10 Å². The second-order valence-corrected chi connectivity index (χ2v) is 18.2. The maximum atomic E-state index is 12.9. The number of oxime groups is 1. The number of ether oxygens (including phenoxy) is 2. The second-order valence-electron chi connectivity index (χ2n) is 13.4. The number of hydrogen-bond acceptors (Lipinski definition) is 9. The average Bonchev–Trinajstić information content (AvgIpc) is 3.04. The molecule has 0 aliphatic carbocycles. The predicted octanol–water partition coefficient (Wildman–Crippen LogP) is 5.28. The standard InChI is InChI=1S/C35H54N4O7Si/c1-35(2,3)47(6,7)45-23-11-14-29(46-37-26-27-12-9-8-10-13-27)16-18-38-19-21-39(22-20-38)32(41)15-17-36-34(42)28-24-30(40)33(44-5)31(25-28)43-4/h8-10,12-13,24-26,29,40H,11,14-23H2,1-7H3,(H,36,42)/b37-26+. The molecule has 2 aromatic rings. The van der Waals surface area contributed by atoms with E-state index in [1.165, 1.54) is 26.4 Å². The molecule has 0 spiro atoms. The molecule has 47 heavy (non-hydrogen) atoms. The van der Waals surface area contributed by atoms with Gasteiger partial charge >= 0.3 is 0 Å². The zero-order valence-electron chi connectivity index (χ0n) is 29.2. The Morgan fingerprint density at radius 1 is 1.04 bits per heavy atom. The zero-order valence-corrected chi connectivity index (χ0v) is 30.2. The summed E-state index contributed by atoms with van der Waals surface area (Å²) in [5, 5.41) is 17.4. The predicted molar refractivity (Wildman–Crippen MR) is 187 cm³/mol. The van der Waals surface area contributed by atoms with Gasteiger partial charge in [-0.25, -0.2) is 0 Å². The van der Waals surface area contributed by atoms with Gasteiger partial charge in [-0.1, -0.05) is 56.3 Å². The van der Waals surface area contributed by atoms with Crippen LogP contribution in [0.3, 0.4) is 0 Å². The van der Waals surface area contributed by atoms with Crippen LogP contribution in [-0.4, -0.2) is 107 Å². The van der Waals surface area contributed by atoms with Gasteiger partial charge in [-0.3, -0.25) is 14.5 Å². The van der Waals surface area contributed by atoms with E-state index in [0.29, 0.717) is 13.1 Å². The summed E-state index contributed by atoms with van der Waals surface area (Å²) in [6.45, 7) is 15.9. The summed E-state index contributed by atoms with van der Waals surface area (Å²) in [5.74, 6) is -0.197. The van der Waals surface area contributed by atoms with E-state index < -0.39 is 14.2 Å². The van der Waals surface area contributed by atoms with Crippen molar-refractivity contribution in [3.63, 3.8) is 0 Å². The average molecular weight is 671 g/mol. The van der Waals surface area contributed by atoms with Crippen molar-refractivity contribution < 1.29 is 33.4 Å². The summed E-state index contributed by atoms with van der Waals surface area (Å²) in [6, 6.07) is 12.7. The summed E-state index contributed by atoms with van der Waals surface area (Å²) in [6.07, 6.45) is 4.50. The van der Waals surface area contributed by atoms with Crippen LogP contribution in [0.4, 0.5) is 0 Å². The quantitative estimate of drug-likeness (QED) is 0.101. The molecule has 1 aliphatic rings. The third-order valence-corrected chi connectivity index (χ3v) is 13.5. The lowest BCUT2D eigenvalue weighted by Gasteiger charge is -2.36. The van der Waals surface area contributed by atoms with Crippen molar-refractivity contribution in [2.75, 3.05) is 60.1 Å². The summed E-state index contributed by atoms with van der Waals surface area (Å²) in [4.78, 5) is 35.7. The molecule has 2 amide bonds. The molecule has 260 valence electrons. The second kappa shape index (κ2) is 18.1. The van der Waals surface area contributed by atoms with Gasteiger partial charge in [-0.05, 0) is 55.1 Å². The molecule has 0 bridgehead atoms. The van der Waals surface area contributed by atoms with E-state index in [2.05, 4.69) is 49.2 Å². The molecule has 11 nitrogen and oxygen atoms in total. The Morgan fingerprint density at radius 2 is 1.74 bits per heavy atom. The van der Waals surface area contributed by atoms with Crippen molar-refractivity contribution in [2.45, 2.75) is 70.7 Å². The first-order chi connectivity index (χ1) is 22.3. The number of rotatable bonds is 17. The number of phenols is 1. The molecule has 2 aromatic carbocycles. The maximum Gasteiger partial charge on any atom is 0.251 e. The smallest absolute Gasteiger partial charge is 0.251 e. The maximum absolute atomic E-state index is 12.9. The van der Waals surface area contributed by atoms with Crippen molar-refractivity contribution in [3.05, 3.63) is 53.6 Å². The molecule has 1 saturated heterocycles. The van der Waals surface area contributed by atoms with Crippen molar-refractivity contribution >= 4 is 26.3 Å². The van der Waals surface area contributed by atoms with Gasteiger partial charge in [-0.15, -0.1) is 0 Å². The molecule has 0 aromatic heterocycles. The summed E-state index contributed by atoms with van der Waals surface area (Å²) >= 11 is 0. The monoisotopic (exact) mass is 670 g/mol. The Morgan fingerprint density at radius 3 is 2.38 bits per heavy atom. The van der Waals surface area contributed by atoms with Crippen LogP contribution in [0, 0.1) is 0 Å². The number of nitrogens with zero attached hydrogens (tertiary/aromatic N) is 3. The van der Waals surface area contributed by atoms with Crippen LogP contribution in [0.25, 0.3) is 0 Å². The highest BCUT2D eigenvalue weighted by atomic mass is 28.4. The molecule has 1 unspecified atom stereocenters. The summed E-state index contributed by atoms with van der Waals surface area (Å²) < 4.78 is 16.7. The van der Waals surface area contributed by atoms with Gasteiger partial charge in [0.2, 0.25) is 11.7 Å². The first-order valence-corrected chi connectivity index (χ1v) is 19.4. The highest BCUT2D eigenvalue weighted by Gasteiger charge is 2.37. The molecule has 1 heterocycles. The van der Waals surface area contributed by atoms with E-state index in [4.69, 9.17) is 18.7 Å². The minimum absolute atomic E-state index is 0.00158. The molecule has 1 atom stereocenters. The van der Waals surface area contributed by atoms with Crippen LogP contribution < -0.4 is 14.8 Å². The van der Waals surface area contributed by atoms with E-state index in [1.54, 1.807) is 6.21 Å². The molecule has 1 aliphatic heterocycles. The summed E-state index contributed by atoms with van der Waals surface area (Å²) in [7, 11) is 1.04. The number of aromatic hydroxyl groups is 1. The Kier molecular flexibility index (Phi) is 14.5. The number of amides is 2. The highest BCUT2D eigenvalue weighted by molar-refractivity contribution is 6.74. The number of carbonyl (C=O) groups excluding carboxylic acids is 2. The van der Waals surface area contributed by atoms with E-state index >= 15 is 0 Å². The van der Waals surface area contributed by atoms with Crippen LogP contribution in [0.1, 0.15) is 62.4 Å². The molecule has 0 radical (unpaired) electrons. The molecule has 0 saturated carbocycles. The molecular weight excluding hydrogens is 616 g/mol. The van der Waals surface area contributed by atoms with Crippen LogP contribution in [-0.2, 0) is 14.1 Å². The molecule has 2 N–H and O–H groups in total. The van der Waals surface area contributed by atoms with Gasteiger partial charge in [0.05, 0.1) is 20.4 Å². The van der Waals surface area contributed by atoms with Gasteiger partial charge in [-0.2, -0.15) is 0 Å². The van der Waals surface area contributed by atoms with Crippen LogP contribution in [0.5, 0.6) is 17.2 Å². The largest absolute Gasteiger partial charge is 0.504 e. The molecule has 3 rings (SSSR count). The zero-order chi connectivity index (χ0) is 34.5. The molecule has 12 heteroatoms. The van der Waals surface area contributed by atoms with Crippen molar-refractivity contribution in [3.8, 4) is 17.2 Å². The van der Waals surface area contributed by atoms with E-state index in [9.17, 15) is 14.7 Å².